The monoisotopic (exact) mass is 596 g/mol. The number of ether oxygens (including phenoxy) is 1. The normalized spacial score (nSPS) is 18.4. The lowest BCUT2D eigenvalue weighted by atomic mass is 9.85. The van der Waals surface area contributed by atoms with Gasteiger partial charge in [-0.1, -0.05) is 46.1 Å². The Bertz CT molecular complexity index is 1440. The van der Waals surface area contributed by atoms with Crippen molar-refractivity contribution in [2.75, 3.05) is 13.2 Å². The van der Waals surface area contributed by atoms with E-state index in [9.17, 15) is 18.5 Å². The second kappa shape index (κ2) is 12.1. The Kier molecular flexibility index (Phi) is 9.32. The highest BCUT2D eigenvalue weighted by molar-refractivity contribution is 7.89. The highest BCUT2D eigenvalue weighted by Gasteiger charge is 2.36. The molecule has 2 aliphatic rings. The molecule has 0 bridgehead atoms. The van der Waals surface area contributed by atoms with Crippen LogP contribution >= 0.6 is 0 Å². The SMILES string of the molecule is Cc1c(C(=O)NC2(C#N)CCOCC2)cc(-c2ccc(S(=O)(=O)NC(C)(C)C)c(C(C)(C)C)c2)n1CC1CCCCC1. The van der Waals surface area contributed by atoms with Crippen LogP contribution in [0.2, 0.25) is 0 Å². The predicted octanol–water partition coefficient (Wildman–Crippen LogP) is 6.22. The molecule has 1 aliphatic carbocycles. The van der Waals surface area contributed by atoms with Gasteiger partial charge in [-0.25, -0.2) is 13.1 Å². The highest BCUT2D eigenvalue weighted by Crippen LogP contribution is 2.36. The molecule has 2 N–H and O–H groups in total. The Morgan fingerprint density at radius 1 is 1.07 bits per heavy atom. The van der Waals surface area contributed by atoms with Crippen molar-refractivity contribution >= 4 is 15.9 Å². The molecule has 8 nitrogen and oxygen atoms in total. The fraction of sp³-hybridized carbons (Fsp3) is 0.636. The Labute approximate surface area is 252 Å². The molecule has 1 aromatic heterocycles. The second-order valence-electron chi connectivity index (χ2n) is 14.2. The van der Waals surface area contributed by atoms with Gasteiger partial charge in [0.25, 0.3) is 5.91 Å². The van der Waals surface area contributed by atoms with Crippen molar-refractivity contribution < 1.29 is 17.9 Å². The van der Waals surface area contributed by atoms with Crippen LogP contribution in [0.4, 0.5) is 0 Å². The number of nitrogens with zero attached hydrogens (tertiary/aromatic N) is 2. The van der Waals surface area contributed by atoms with Gasteiger partial charge in [0, 0.05) is 49.5 Å². The molecule has 230 valence electrons. The number of nitriles is 1. The maximum absolute atomic E-state index is 13.7. The molecule has 42 heavy (non-hydrogen) atoms. The van der Waals surface area contributed by atoms with Gasteiger partial charge in [0.2, 0.25) is 10.0 Å². The van der Waals surface area contributed by atoms with Gasteiger partial charge >= 0.3 is 0 Å². The first-order chi connectivity index (χ1) is 19.6. The van der Waals surface area contributed by atoms with Crippen LogP contribution in [0.1, 0.15) is 108 Å². The van der Waals surface area contributed by atoms with Gasteiger partial charge < -0.3 is 14.6 Å². The van der Waals surface area contributed by atoms with E-state index < -0.39 is 26.5 Å². The zero-order valence-electron chi connectivity index (χ0n) is 26.4. The molecule has 2 fully saturated rings. The first-order valence-corrected chi connectivity index (χ1v) is 16.7. The third-order valence-corrected chi connectivity index (χ3v) is 10.3. The average Bonchev–Trinajstić information content (AvgIpc) is 3.23. The largest absolute Gasteiger partial charge is 0.381 e. The fourth-order valence-electron chi connectivity index (χ4n) is 6.21. The second-order valence-corrected chi connectivity index (χ2v) is 15.9. The Morgan fingerprint density at radius 3 is 2.29 bits per heavy atom. The van der Waals surface area contributed by atoms with E-state index >= 15 is 0 Å². The lowest BCUT2D eigenvalue weighted by molar-refractivity contribution is 0.0531. The maximum atomic E-state index is 13.7. The van der Waals surface area contributed by atoms with Crippen molar-refractivity contribution in [3.05, 3.63) is 41.1 Å². The number of amides is 1. The topological polar surface area (TPSA) is 113 Å². The number of sulfonamides is 1. The first kappa shape index (κ1) is 32.2. The summed E-state index contributed by atoms with van der Waals surface area (Å²) in [6.07, 6.45) is 6.89. The molecule has 1 aliphatic heterocycles. The van der Waals surface area contributed by atoms with E-state index in [1.807, 2.05) is 66.7 Å². The van der Waals surface area contributed by atoms with Crippen LogP contribution < -0.4 is 10.0 Å². The Hall–Kier alpha value is -2.67. The smallest absolute Gasteiger partial charge is 0.254 e. The van der Waals surface area contributed by atoms with Gasteiger partial charge in [0.15, 0.2) is 0 Å². The number of carbonyl (C=O) groups excluding carboxylic acids is 1. The van der Waals surface area contributed by atoms with Gasteiger partial charge in [-0.15, -0.1) is 0 Å². The van der Waals surface area contributed by atoms with Gasteiger partial charge in [-0.05, 0) is 81.2 Å². The Balaban J connectivity index is 1.82. The standard InChI is InChI=1S/C33H48N4O4S/c1-23-26(30(38)35-33(22-34)15-17-41-18-16-33)20-28(37(23)21-24-11-9-8-10-12-24)25-13-14-29(27(19-25)31(2,3)4)42(39,40)36-32(5,6)7/h13-14,19-20,24,36H,8-12,15-18,21H2,1-7H3,(H,35,38). The summed E-state index contributed by atoms with van der Waals surface area (Å²) in [5.74, 6) is 0.252. The van der Waals surface area contributed by atoms with E-state index in [2.05, 4.69) is 20.7 Å². The number of hydrogen-bond acceptors (Lipinski definition) is 5. The molecule has 4 rings (SSSR count). The molecule has 0 spiro atoms. The summed E-state index contributed by atoms with van der Waals surface area (Å²) >= 11 is 0. The molecule has 0 atom stereocenters. The van der Waals surface area contributed by atoms with Crippen LogP contribution in [0.3, 0.4) is 0 Å². The van der Waals surface area contributed by atoms with Crippen molar-refractivity contribution in [3.8, 4) is 17.3 Å². The van der Waals surface area contributed by atoms with E-state index in [1.165, 1.54) is 19.3 Å². The van der Waals surface area contributed by atoms with Crippen molar-refractivity contribution in [1.29, 1.82) is 5.26 Å². The quantitative estimate of drug-likeness (QED) is 0.394. The number of carbonyl (C=O) groups is 1. The molecular weight excluding hydrogens is 548 g/mol. The molecule has 1 saturated heterocycles. The number of rotatable bonds is 7. The van der Waals surface area contributed by atoms with Crippen LogP contribution in [-0.4, -0.2) is 43.2 Å². The minimum absolute atomic E-state index is 0.260. The minimum atomic E-state index is -3.77. The molecule has 2 heterocycles. The van der Waals surface area contributed by atoms with Crippen LogP contribution in [0.25, 0.3) is 11.3 Å². The summed E-state index contributed by atoms with van der Waals surface area (Å²) in [4.78, 5) is 14.0. The number of benzene rings is 1. The summed E-state index contributed by atoms with van der Waals surface area (Å²) in [6, 6.07) is 9.78. The summed E-state index contributed by atoms with van der Waals surface area (Å²) in [5.41, 5.74) is 1.87. The van der Waals surface area contributed by atoms with Gasteiger partial charge in [0.1, 0.15) is 5.54 Å². The van der Waals surface area contributed by atoms with E-state index in [1.54, 1.807) is 6.07 Å². The van der Waals surface area contributed by atoms with Gasteiger partial charge in [-0.3, -0.25) is 4.79 Å². The summed E-state index contributed by atoms with van der Waals surface area (Å²) in [7, 11) is -3.77. The van der Waals surface area contributed by atoms with E-state index in [0.29, 0.717) is 37.5 Å². The summed E-state index contributed by atoms with van der Waals surface area (Å²) in [6.45, 7) is 15.2. The molecule has 1 saturated carbocycles. The zero-order valence-corrected chi connectivity index (χ0v) is 27.2. The van der Waals surface area contributed by atoms with Crippen LogP contribution in [0.5, 0.6) is 0 Å². The minimum Gasteiger partial charge on any atom is -0.381 e. The highest BCUT2D eigenvalue weighted by atomic mass is 32.2. The van der Waals surface area contributed by atoms with E-state index in [-0.39, 0.29) is 10.8 Å². The average molecular weight is 597 g/mol. The molecular formula is C33H48N4O4S. The third-order valence-electron chi connectivity index (χ3n) is 8.50. The van der Waals surface area contributed by atoms with Crippen molar-refractivity contribution in [3.63, 3.8) is 0 Å². The van der Waals surface area contributed by atoms with E-state index in [0.717, 1.165) is 41.9 Å². The van der Waals surface area contributed by atoms with Crippen molar-refractivity contribution in [1.82, 2.24) is 14.6 Å². The third kappa shape index (κ3) is 7.27. The molecule has 1 aromatic carbocycles. The van der Waals surface area contributed by atoms with Crippen LogP contribution in [0, 0.1) is 24.2 Å². The predicted molar refractivity (Wildman–Crippen MR) is 166 cm³/mol. The van der Waals surface area contributed by atoms with E-state index in [4.69, 9.17) is 4.74 Å². The number of hydrogen-bond donors (Lipinski definition) is 2. The van der Waals surface area contributed by atoms with Crippen molar-refractivity contribution in [2.45, 2.75) is 121 Å². The van der Waals surface area contributed by atoms with Crippen molar-refractivity contribution in [2.24, 2.45) is 5.92 Å². The molecule has 0 unspecified atom stereocenters. The van der Waals surface area contributed by atoms with Crippen LogP contribution in [-0.2, 0) is 26.7 Å². The lowest BCUT2D eigenvalue weighted by Gasteiger charge is -2.31. The van der Waals surface area contributed by atoms with Crippen LogP contribution in [0.15, 0.2) is 29.2 Å². The number of aromatic nitrogens is 1. The first-order valence-electron chi connectivity index (χ1n) is 15.3. The van der Waals surface area contributed by atoms with Gasteiger partial charge in [0.05, 0.1) is 16.5 Å². The molecule has 0 radical (unpaired) electrons. The zero-order chi connectivity index (χ0) is 30.9. The Morgan fingerprint density at radius 2 is 1.71 bits per heavy atom. The number of nitrogens with one attached hydrogen (secondary N) is 2. The molecule has 2 aromatic rings. The van der Waals surface area contributed by atoms with Gasteiger partial charge in [-0.2, -0.15) is 5.26 Å². The summed E-state index contributed by atoms with van der Waals surface area (Å²) < 4.78 is 37.5. The lowest BCUT2D eigenvalue weighted by Crippen LogP contribution is -2.51. The maximum Gasteiger partial charge on any atom is 0.254 e. The summed E-state index contributed by atoms with van der Waals surface area (Å²) in [5, 5.41) is 13.0. The molecule has 9 heteroatoms. The molecule has 1 amide bonds. The fourth-order valence-corrected chi connectivity index (χ4v) is 8.03.